The molecular weight excluding hydrogens is 231 g/mol. The van der Waals surface area contributed by atoms with E-state index in [1.807, 2.05) is 0 Å². The molecular formula is C15H19FO2. The molecule has 0 heterocycles. The minimum atomic E-state index is -0.979. The number of Topliss-reactive ketones (excluding diaryl/α,β-unsaturated/α-hetero) is 1. The molecule has 1 atom stereocenters. The molecule has 0 radical (unpaired) electrons. The fourth-order valence-electron chi connectivity index (χ4n) is 2.58. The first-order chi connectivity index (χ1) is 8.59. The van der Waals surface area contributed by atoms with Crippen LogP contribution < -0.4 is 0 Å². The van der Waals surface area contributed by atoms with Crippen LogP contribution in [0.15, 0.2) is 18.2 Å². The number of carbonyl (C=O) groups is 1. The molecule has 0 amide bonds. The Balaban J connectivity index is 2.11. The zero-order valence-corrected chi connectivity index (χ0v) is 10.7. The Labute approximate surface area is 107 Å². The maximum atomic E-state index is 13.4. The van der Waals surface area contributed by atoms with Crippen molar-refractivity contribution in [1.29, 1.82) is 0 Å². The van der Waals surface area contributed by atoms with Gasteiger partial charge in [0.15, 0.2) is 5.78 Å². The Hall–Kier alpha value is -1.22. The lowest BCUT2D eigenvalue weighted by Crippen LogP contribution is -2.31. The summed E-state index contributed by atoms with van der Waals surface area (Å²) < 4.78 is 13.4. The lowest BCUT2D eigenvalue weighted by Gasteiger charge is -2.25. The number of hydrogen-bond donors (Lipinski definition) is 1. The van der Waals surface area contributed by atoms with Gasteiger partial charge in [0.2, 0.25) is 0 Å². The Morgan fingerprint density at radius 3 is 2.61 bits per heavy atom. The molecule has 1 fully saturated rings. The summed E-state index contributed by atoms with van der Waals surface area (Å²) in [6.07, 6.45) is 4.11. The van der Waals surface area contributed by atoms with Crippen LogP contribution in [0, 0.1) is 18.7 Å². The molecule has 0 bridgehead atoms. The highest BCUT2D eigenvalue weighted by molar-refractivity contribution is 5.99. The molecule has 1 N–H and O–H groups in total. The van der Waals surface area contributed by atoms with E-state index in [-0.39, 0.29) is 17.3 Å². The number of carbonyl (C=O) groups excluding carboxylic acids is 1. The molecule has 18 heavy (non-hydrogen) atoms. The summed E-state index contributed by atoms with van der Waals surface area (Å²) in [5.74, 6) is -0.701. The van der Waals surface area contributed by atoms with Gasteiger partial charge < -0.3 is 5.11 Å². The molecule has 0 aromatic heterocycles. The standard InChI is InChI=1S/C15H19FO2/c1-10-7-8-12(9-13(10)16)15(18)14(17)11-5-3-2-4-6-11/h7-9,11,14,17H,2-6H2,1H3. The van der Waals surface area contributed by atoms with Crippen LogP contribution in [0.25, 0.3) is 0 Å². The van der Waals surface area contributed by atoms with E-state index in [0.29, 0.717) is 5.56 Å². The van der Waals surface area contributed by atoms with Crippen LogP contribution in [-0.2, 0) is 0 Å². The summed E-state index contributed by atoms with van der Waals surface area (Å²) >= 11 is 0. The van der Waals surface area contributed by atoms with E-state index in [1.165, 1.54) is 12.5 Å². The van der Waals surface area contributed by atoms with Crippen LogP contribution in [-0.4, -0.2) is 17.0 Å². The zero-order valence-electron chi connectivity index (χ0n) is 10.7. The Kier molecular flexibility index (Phi) is 4.12. The van der Waals surface area contributed by atoms with E-state index in [0.717, 1.165) is 25.7 Å². The predicted octanol–water partition coefficient (Wildman–Crippen LogP) is 3.26. The van der Waals surface area contributed by atoms with Gasteiger partial charge in [0, 0.05) is 5.56 Å². The van der Waals surface area contributed by atoms with Crippen molar-refractivity contribution in [2.24, 2.45) is 5.92 Å². The highest BCUT2D eigenvalue weighted by Crippen LogP contribution is 2.28. The third kappa shape index (κ3) is 2.78. The maximum absolute atomic E-state index is 13.4. The van der Waals surface area contributed by atoms with E-state index >= 15 is 0 Å². The molecule has 1 aliphatic rings. The minimum absolute atomic E-state index is 0.0376. The molecule has 1 aliphatic carbocycles. The Bertz CT molecular complexity index is 436. The van der Waals surface area contributed by atoms with Gasteiger partial charge in [-0.15, -0.1) is 0 Å². The van der Waals surface area contributed by atoms with E-state index in [9.17, 15) is 14.3 Å². The van der Waals surface area contributed by atoms with Gasteiger partial charge in [0.25, 0.3) is 0 Å². The van der Waals surface area contributed by atoms with E-state index in [4.69, 9.17) is 0 Å². The van der Waals surface area contributed by atoms with Crippen molar-refractivity contribution in [2.75, 3.05) is 0 Å². The van der Waals surface area contributed by atoms with Crippen molar-refractivity contribution < 1.29 is 14.3 Å². The largest absolute Gasteiger partial charge is 0.385 e. The molecule has 2 nitrogen and oxygen atoms in total. The molecule has 98 valence electrons. The maximum Gasteiger partial charge on any atom is 0.191 e. The summed E-state index contributed by atoms with van der Waals surface area (Å²) in [6, 6.07) is 4.40. The number of rotatable bonds is 3. The van der Waals surface area contributed by atoms with Gasteiger partial charge >= 0.3 is 0 Å². The highest BCUT2D eigenvalue weighted by Gasteiger charge is 2.28. The number of aryl methyl sites for hydroxylation is 1. The number of benzene rings is 1. The van der Waals surface area contributed by atoms with E-state index < -0.39 is 11.9 Å². The SMILES string of the molecule is Cc1ccc(C(=O)C(O)C2CCCCC2)cc1F. The van der Waals surface area contributed by atoms with Crippen LogP contribution >= 0.6 is 0 Å². The minimum Gasteiger partial charge on any atom is -0.385 e. The van der Waals surface area contributed by atoms with Crippen LogP contribution in [0.1, 0.15) is 48.0 Å². The zero-order chi connectivity index (χ0) is 13.1. The Morgan fingerprint density at radius 2 is 2.00 bits per heavy atom. The lowest BCUT2D eigenvalue weighted by molar-refractivity contribution is 0.0534. The summed E-state index contributed by atoms with van der Waals surface area (Å²) in [7, 11) is 0. The number of aliphatic hydroxyl groups is 1. The first-order valence-electron chi connectivity index (χ1n) is 6.58. The molecule has 3 heteroatoms. The molecule has 1 unspecified atom stereocenters. The normalized spacial score (nSPS) is 18.6. The second-order valence-corrected chi connectivity index (χ2v) is 5.17. The Morgan fingerprint density at radius 1 is 1.33 bits per heavy atom. The summed E-state index contributed by atoms with van der Waals surface area (Å²) in [4.78, 5) is 12.1. The second-order valence-electron chi connectivity index (χ2n) is 5.17. The molecule has 0 saturated heterocycles. The predicted molar refractivity (Wildman–Crippen MR) is 68.0 cm³/mol. The lowest BCUT2D eigenvalue weighted by atomic mass is 9.82. The number of halogens is 1. The average Bonchev–Trinajstić information content (AvgIpc) is 2.41. The summed E-state index contributed by atoms with van der Waals surface area (Å²) in [5.41, 5.74) is 0.787. The molecule has 0 spiro atoms. The number of aliphatic hydroxyl groups excluding tert-OH is 1. The van der Waals surface area contributed by atoms with Crippen molar-refractivity contribution in [3.05, 3.63) is 35.1 Å². The smallest absolute Gasteiger partial charge is 0.191 e. The summed E-state index contributed by atoms with van der Waals surface area (Å²) in [6.45, 7) is 1.65. The van der Waals surface area contributed by atoms with Crippen molar-refractivity contribution in [2.45, 2.75) is 45.1 Å². The quantitative estimate of drug-likeness (QED) is 0.836. The van der Waals surface area contributed by atoms with Gasteiger partial charge in [-0.2, -0.15) is 0 Å². The number of ketones is 1. The fourth-order valence-corrected chi connectivity index (χ4v) is 2.58. The van der Waals surface area contributed by atoms with Crippen LogP contribution in [0.2, 0.25) is 0 Å². The topological polar surface area (TPSA) is 37.3 Å². The average molecular weight is 250 g/mol. The van der Waals surface area contributed by atoms with Crippen molar-refractivity contribution in [3.8, 4) is 0 Å². The van der Waals surface area contributed by atoms with Gasteiger partial charge in [0.1, 0.15) is 11.9 Å². The molecule has 1 aromatic rings. The third-order valence-electron chi connectivity index (χ3n) is 3.82. The monoisotopic (exact) mass is 250 g/mol. The number of hydrogen-bond acceptors (Lipinski definition) is 2. The molecule has 1 saturated carbocycles. The van der Waals surface area contributed by atoms with Gasteiger partial charge in [-0.05, 0) is 37.3 Å². The molecule has 2 rings (SSSR count). The van der Waals surface area contributed by atoms with Crippen molar-refractivity contribution in [1.82, 2.24) is 0 Å². The molecule has 1 aromatic carbocycles. The van der Waals surface area contributed by atoms with Crippen LogP contribution in [0.4, 0.5) is 4.39 Å². The highest BCUT2D eigenvalue weighted by atomic mass is 19.1. The van der Waals surface area contributed by atoms with Crippen LogP contribution in [0.5, 0.6) is 0 Å². The van der Waals surface area contributed by atoms with Gasteiger partial charge in [-0.3, -0.25) is 4.79 Å². The van der Waals surface area contributed by atoms with Crippen molar-refractivity contribution >= 4 is 5.78 Å². The fraction of sp³-hybridized carbons (Fsp3) is 0.533. The molecule has 0 aliphatic heterocycles. The second kappa shape index (κ2) is 5.61. The first kappa shape index (κ1) is 13.2. The van der Waals surface area contributed by atoms with Crippen molar-refractivity contribution in [3.63, 3.8) is 0 Å². The third-order valence-corrected chi connectivity index (χ3v) is 3.82. The first-order valence-corrected chi connectivity index (χ1v) is 6.58. The van der Waals surface area contributed by atoms with Crippen LogP contribution in [0.3, 0.4) is 0 Å². The van der Waals surface area contributed by atoms with Gasteiger partial charge in [-0.1, -0.05) is 31.4 Å². The van der Waals surface area contributed by atoms with Gasteiger partial charge in [-0.25, -0.2) is 4.39 Å². The van der Waals surface area contributed by atoms with E-state index in [2.05, 4.69) is 0 Å². The van der Waals surface area contributed by atoms with E-state index in [1.54, 1.807) is 19.1 Å². The van der Waals surface area contributed by atoms with Gasteiger partial charge in [0.05, 0.1) is 0 Å². The summed E-state index contributed by atoms with van der Waals surface area (Å²) in [5, 5.41) is 10.1.